The Labute approximate surface area is 165 Å². The van der Waals surface area contributed by atoms with Gasteiger partial charge in [0.25, 0.3) is 0 Å². The fourth-order valence-corrected chi connectivity index (χ4v) is 4.57. The van der Waals surface area contributed by atoms with E-state index in [1.54, 1.807) is 26.0 Å². The summed E-state index contributed by atoms with van der Waals surface area (Å²) in [5, 5.41) is 0. The Morgan fingerprint density at radius 2 is 1.89 bits per heavy atom. The van der Waals surface area contributed by atoms with Crippen LogP contribution in [-0.2, 0) is 4.79 Å². The van der Waals surface area contributed by atoms with Crippen molar-refractivity contribution in [3.05, 3.63) is 53.1 Å². The molecule has 1 atom stereocenters. The number of likely N-dealkylation sites (tertiary alicyclic amines) is 1. The summed E-state index contributed by atoms with van der Waals surface area (Å²) < 4.78 is 10.8. The van der Waals surface area contributed by atoms with E-state index < -0.39 is 0 Å². The van der Waals surface area contributed by atoms with Crippen molar-refractivity contribution in [2.24, 2.45) is 0 Å². The number of benzene rings is 2. The first-order valence-electron chi connectivity index (χ1n) is 9.25. The van der Waals surface area contributed by atoms with E-state index in [4.69, 9.17) is 9.47 Å². The van der Waals surface area contributed by atoms with Gasteiger partial charge in [-0.25, -0.2) is 0 Å². The van der Waals surface area contributed by atoms with Crippen LogP contribution >= 0.6 is 11.8 Å². The van der Waals surface area contributed by atoms with Gasteiger partial charge in [-0.3, -0.25) is 4.79 Å². The molecule has 0 saturated carbocycles. The highest BCUT2D eigenvalue weighted by atomic mass is 32.2. The van der Waals surface area contributed by atoms with Crippen molar-refractivity contribution in [2.45, 2.75) is 37.6 Å². The van der Waals surface area contributed by atoms with Gasteiger partial charge in [-0.15, -0.1) is 11.8 Å². The van der Waals surface area contributed by atoms with Crippen LogP contribution in [0.15, 0.2) is 41.3 Å². The highest BCUT2D eigenvalue weighted by Gasteiger charge is 2.30. The van der Waals surface area contributed by atoms with Crippen LogP contribution in [0.5, 0.6) is 11.5 Å². The summed E-state index contributed by atoms with van der Waals surface area (Å²) in [7, 11) is 3.27. The Morgan fingerprint density at radius 1 is 1.11 bits per heavy atom. The molecule has 1 heterocycles. The second kappa shape index (κ2) is 8.70. The molecule has 4 nitrogen and oxygen atoms in total. The normalized spacial score (nSPS) is 16.4. The summed E-state index contributed by atoms with van der Waals surface area (Å²) in [5.41, 5.74) is 3.55. The molecule has 0 radical (unpaired) electrons. The zero-order valence-corrected chi connectivity index (χ0v) is 17.3. The lowest BCUT2D eigenvalue weighted by Crippen LogP contribution is -2.32. The molecule has 5 heteroatoms. The SMILES string of the molecule is COc1ccc(C2CCCN2C(=O)CSc2cc(C)ccc2C)cc1OC. The van der Waals surface area contributed by atoms with Crippen LogP contribution in [0.1, 0.15) is 35.6 Å². The standard InChI is InChI=1S/C22H27NO3S/c1-15-7-8-16(2)21(12-15)27-14-22(24)23-11-5-6-18(23)17-9-10-19(25-3)20(13-17)26-4/h7-10,12-13,18H,5-6,11,14H2,1-4H3. The number of rotatable bonds is 6. The molecule has 0 aliphatic carbocycles. The predicted molar refractivity (Wildman–Crippen MR) is 110 cm³/mol. The van der Waals surface area contributed by atoms with Gasteiger partial charge in [0.1, 0.15) is 0 Å². The Hall–Kier alpha value is -2.14. The van der Waals surface area contributed by atoms with Gasteiger partial charge in [0.15, 0.2) is 11.5 Å². The van der Waals surface area contributed by atoms with Crippen molar-refractivity contribution in [1.29, 1.82) is 0 Å². The van der Waals surface area contributed by atoms with Gasteiger partial charge in [0.2, 0.25) is 5.91 Å². The molecule has 1 unspecified atom stereocenters. The van der Waals surface area contributed by atoms with E-state index in [9.17, 15) is 4.79 Å². The molecule has 1 aliphatic rings. The number of hydrogen-bond acceptors (Lipinski definition) is 4. The molecule has 27 heavy (non-hydrogen) atoms. The minimum absolute atomic E-state index is 0.108. The molecule has 2 aromatic rings. The Bertz CT molecular complexity index is 821. The van der Waals surface area contributed by atoms with Gasteiger partial charge < -0.3 is 14.4 Å². The van der Waals surface area contributed by atoms with Crippen molar-refractivity contribution in [1.82, 2.24) is 4.90 Å². The van der Waals surface area contributed by atoms with Crippen LogP contribution in [0, 0.1) is 13.8 Å². The van der Waals surface area contributed by atoms with Gasteiger partial charge in [0, 0.05) is 11.4 Å². The average molecular weight is 386 g/mol. The average Bonchev–Trinajstić information content (AvgIpc) is 3.17. The van der Waals surface area contributed by atoms with Gasteiger partial charge in [-0.2, -0.15) is 0 Å². The lowest BCUT2D eigenvalue weighted by Gasteiger charge is -2.26. The zero-order valence-electron chi connectivity index (χ0n) is 16.5. The maximum atomic E-state index is 12.9. The first-order valence-corrected chi connectivity index (χ1v) is 10.2. The van der Waals surface area contributed by atoms with Crippen molar-refractivity contribution >= 4 is 17.7 Å². The molecule has 0 spiro atoms. The molecule has 1 saturated heterocycles. The molecule has 1 aliphatic heterocycles. The van der Waals surface area contributed by atoms with Crippen LogP contribution in [0.25, 0.3) is 0 Å². The predicted octanol–water partition coefficient (Wildman–Crippen LogP) is 4.78. The number of carbonyl (C=O) groups is 1. The maximum absolute atomic E-state index is 12.9. The van der Waals surface area contributed by atoms with Gasteiger partial charge >= 0.3 is 0 Å². The fraction of sp³-hybridized carbons (Fsp3) is 0.409. The van der Waals surface area contributed by atoms with Crippen LogP contribution in [0.3, 0.4) is 0 Å². The largest absolute Gasteiger partial charge is 0.493 e. The molecule has 0 N–H and O–H groups in total. The third-order valence-corrected chi connectivity index (χ3v) is 6.20. The van der Waals surface area contributed by atoms with Crippen molar-refractivity contribution in [2.75, 3.05) is 26.5 Å². The summed E-state index contributed by atoms with van der Waals surface area (Å²) >= 11 is 1.63. The van der Waals surface area contributed by atoms with Crippen LogP contribution < -0.4 is 9.47 Å². The van der Waals surface area contributed by atoms with E-state index in [1.165, 1.54) is 16.0 Å². The number of carbonyl (C=O) groups excluding carboxylic acids is 1. The Kier molecular flexibility index (Phi) is 6.32. The number of nitrogens with zero attached hydrogens (tertiary/aromatic N) is 1. The van der Waals surface area contributed by atoms with E-state index in [-0.39, 0.29) is 11.9 Å². The number of methoxy groups -OCH3 is 2. The van der Waals surface area contributed by atoms with E-state index >= 15 is 0 Å². The Balaban J connectivity index is 1.72. The quantitative estimate of drug-likeness (QED) is 0.671. The zero-order chi connectivity index (χ0) is 19.4. The van der Waals surface area contributed by atoms with Crippen molar-refractivity contribution in [3.63, 3.8) is 0 Å². The monoisotopic (exact) mass is 385 g/mol. The molecule has 0 aromatic heterocycles. The van der Waals surface area contributed by atoms with Crippen LogP contribution in [0.4, 0.5) is 0 Å². The first kappa shape index (κ1) is 19.6. The smallest absolute Gasteiger partial charge is 0.233 e. The summed E-state index contributed by atoms with van der Waals surface area (Å²) in [6.07, 6.45) is 2.01. The fourth-order valence-electron chi connectivity index (χ4n) is 3.56. The van der Waals surface area contributed by atoms with Crippen molar-refractivity contribution < 1.29 is 14.3 Å². The summed E-state index contributed by atoms with van der Waals surface area (Å²) in [4.78, 5) is 16.1. The molecule has 144 valence electrons. The highest BCUT2D eigenvalue weighted by Crippen LogP contribution is 2.37. The highest BCUT2D eigenvalue weighted by molar-refractivity contribution is 8.00. The second-order valence-electron chi connectivity index (χ2n) is 6.92. The molecule has 3 rings (SSSR count). The van der Waals surface area contributed by atoms with Crippen LogP contribution in [-0.4, -0.2) is 37.3 Å². The number of ether oxygens (including phenoxy) is 2. The first-order chi connectivity index (χ1) is 13.0. The van der Waals surface area contributed by atoms with Crippen LogP contribution in [0.2, 0.25) is 0 Å². The Morgan fingerprint density at radius 3 is 2.63 bits per heavy atom. The summed E-state index contributed by atoms with van der Waals surface area (Å²) in [5.74, 6) is 2.08. The molecule has 1 amide bonds. The number of aryl methyl sites for hydroxylation is 2. The van der Waals surface area contributed by atoms with E-state index in [2.05, 4.69) is 32.0 Å². The van der Waals surface area contributed by atoms with Gasteiger partial charge in [-0.1, -0.05) is 23.8 Å². The van der Waals surface area contributed by atoms with E-state index in [0.29, 0.717) is 17.3 Å². The van der Waals surface area contributed by atoms with Gasteiger partial charge in [-0.05, 0) is 56.0 Å². The summed E-state index contributed by atoms with van der Waals surface area (Å²) in [6, 6.07) is 12.4. The molecular weight excluding hydrogens is 358 g/mol. The molecule has 0 bridgehead atoms. The minimum atomic E-state index is 0.108. The molecule has 2 aromatic carbocycles. The van der Waals surface area contributed by atoms with Gasteiger partial charge in [0.05, 0.1) is 26.0 Å². The summed E-state index contributed by atoms with van der Waals surface area (Å²) in [6.45, 7) is 4.98. The minimum Gasteiger partial charge on any atom is -0.493 e. The number of thioether (sulfide) groups is 1. The lowest BCUT2D eigenvalue weighted by atomic mass is 10.0. The third kappa shape index (κ3) is 4.41. The van der Waals surface area contributed by atoms with E-state index in [0.717, 1.165) is 24.9 Å². The number of hydrogen-bond donors (Lipinski definition) is 0. The number of amides is 1. The lowest BCUT2D eigenvalue weighted by molar-refractivity contribution is -0.129. The second-order valence-corrected chi connectivity index (χ2v) is 7.93. The third-order valence-electron chi connectivity index (χ3n) is 5.06. The molecular formula is C22H27NO3S. The molecule has 1 fully saturated rings. The van der Waals surface area contributed by atoms with Crippen molar-refractivity contribution in [3.8, 4) is 11.5 Å². The van der Waals surface area contributed by atoms with E-state index in [1.807, 2.05) is 23.1 Å². The maximum Gasteiger partial charge on any atom is 0.233 e. The topological polar surface area (TPSA) is 38.8 Å².